The van der Waals surface area contributed by atoms with Gasteiger partial charge in [0, 0.05) is 46.8 Å². The van der Waals surface area contributed by atoms with E-state index in [-0.39, 0.29) is 12.5 Å². The zero-order chi connectivity index (χ0) is 21.1. The summed E-state index contributed by atoms with van der Waals surface area (Å²) in [5, 5.41) is 6.73. The molecular formula is C22H37N5O2. The van der Waals surface area contributed by atoms with Crippen LogP contribution in [-0.2, 0) is 11.3 Å². The molecule has 162 valence electrons. The van der Waals surface area contributed by atoms with E-state index >= 15 is 0 Å². The lowest BCUT2D eigenvalue weighted by Crippen LogP contribution is -2.41. The van der Waals surface area contributed by atoms with Crippen LogP contribution in [0.3, 0.4) is 0 Å². The van der Waals surface area contributed by atoms with Crippen molar-refractivity contribution in [3.8, 4) is 5.75 Å². The molecule has 0 spiro atoms. The van der Waals surface area contributed by atoms with Crippen molar-refractivity contribution < 1.29 is 9.53 Å². The van der Waals surface area contributed by atoms with Crippen LogP contribution in [0.1, 0.15) is 38.2 Å². The Balaban J connectivity index is 1.70. The first-order valence-electron chi connectivity index (χ1n) is 10.6. The molecule has 1 aromatic carbocycles. The minimum Gasteiger partial charge on any atom is -0.484 e. The minimum absolute atomic E-state index is 0.0444. The Morgan fingerprint density at radius 2 is 2.14 bits per heavy atom. The van der Waals surface area contributed by atoms with Gasteiger partial charge in [0.2, 0.25) is 0 Å². The molecule has 1 aliphatic rings. The van der Waals surface area contributed by atoms with Crippen LogP contribution in [0.4, 0.5) is 0 Å². The Morgan fingerprint density at radius 3 is 2.86 bits per heavy atom. The highest BCUT2D eigenvalue weighted by Crippen LogP contribution is 2.16. The van der Waals surface area contributed by atoms with Gasteiger partial charge in [0.05, 0.1) is 0 Å². The summed E-state index contributed by atoms with van der Waals surface area (Å²) in [4.78, 5) is 20.1. The molecule has 7 heteroatoms. The zero-order valence-electron chi connectivity index (χ0n) is 18.4. The van der Waals surface area contributed by atoms with Crippen LogP contribution in [0, 0.1) is 0 Å². The van der Waals surface area contributed by atoms with Crippen LogP contribution in [0.5, 0.6) is 5.75 Å². The summed E-state index contributed by atoms with van der Waals surface area (Å²) in [5.74, 6) is 1.43. The van der Waals surface area contributed by atoms with Crippen molar-refractivity contribution in [2.24, 2.45) is 4.99 Å². The number of guanidine groups is 1. The van der Waals surface area contributed by atoms with Gasteiger partial charge in [-0.1, -0.05) is 18.6 Å². The maximum Gasteiger partial charge on any atom is 0.259 e. The number of carbonyl (C=O) groups excluding carboxylic acids is 1. The SMILES string of the molecule is CN=C(NCCCN1CCCCC1C)NCc1cccc(OCC(=O)N(C)C)c1. The Morgan fingerprint density at radius 1 is 1.31 bits per heavy atom. The summed E-state index contributed by atoms with van der Waals surface area (Å²) in [6, 6.07) is 8.48. The van der Waals surface area contributed by atoms with Crippen LogP contribution >= 0.6 is 0 Å². The smallest absolute Gasteiger partial charge is 0.259 e. The van der Waals surface area contributed by atoms with E-state index in [2.05, 4.69) is 27.4 Å². The highest BCUT2D eigenvalue weighted by molar-refractivity contribution is 5.79. The third-order valence-corrected chi connectivity index (χ3v) is 5.30. The van der Waals surface area contributed by atoms with Gasteiger partial charge in [-0.25, -0.2) is 0 Å². The lowest BCUT2D eigenvalue weighted by molar-refractivity contribution is -0.130. The van der Waals surface area contributed by atoms with E-state index in [0.29, 0.717) is 18.3 Å². The Bertz CT molecular complexity index is 662. The van der Waals surface area contributed by atoms with E-state index in [9.17, 15) is 4.79 Å². The molecule has 1 heterocycles. The molecule has 0 aliphatic carbocycles. The highest BCUT2D eigenvalue weighted by Gasteiger charge is 2.17. The number of hydrogen-bond acceptors (Lipinski definition) is 4. The number of nitrogens with zero attached hydrogens (tertiary/aromatic N) is 3. The van der Waals surface area contributed by atoms with Crippen molar-refractivity contribution in [2.75, 3.05) is 47.4 Å². The molecule has 7 nitrogen and oxygen atoms in total. The molecule has 1 unspecified atom stereocenters. The van der Waals surface area contributed by atoms with Crippen LogP contribution in [0.25, 0.3) is 0 Å². The Labute approximate surface area is 175 Å². The number of likely N-dealkylation sites (N-methyl/N-ethyl adjacent to an activating group) is 1. The van der Waals surface area contributed by atoms with Gasteiger partial charge < -0.3 is 25.2 Å². The van der Waals surface area contributed by atoms with Gasteiger partial charge in [-0.2, -0.15) is 0 Å². The molecule has 1 fully saturated rings. The van der Waals surface area contributed by atoms with Gasteiger partial charge in [-0.05, 0) is 50.4 Å². The molecule has 1 amide bonds. The Hall–Kier alpha value is -2.28. The summed E-state index contributed by atoms with van der Waals surface area (Å²) in [6.45, 7) is 6.29. The van der Waals surface area contributed by atoms with E-state index in [1.54, 1.807) is 21.1 Å². The zero-order valence-corrected chi connectivity index (χ0v) is 18.4. The second-order valence-electron chi connectivity index (χ2n) is 7.81. The van der Waals surface area contributed by atoms with Crippen molar-refractivity contribution >= 4 is 11.9 Å². The molecule has 1 saturated heterocycles. The van der Waals surface area contributed by atoms with Crippen molar-refractivity contribution in [3.63, 3.8) is 0 Å². The number of aliphatic imine (C=N–C) groups is 1. The predicted octanol–water partition coefficient (Wildman–Crippen LogP) is 2.08. The highest BCUT2D eigenvalue weighted by atomic mass is 16.5. The van der Waals surface area contributed by atoms with Crippen LogP contribution < -0.4 is 15.4 Å². The Kier molecular flexibility index (Phi) is 9.77. The quantitative estimate of drug-likeness (QED) is 0.375. The fourth-order valence-electron chi connectivity index (χ4n) is 3.40. The molecule has 1 aliphatic heterocycles. The van der Waals surface area contributed by atoms with Crippen LogP contribution in [-0.4, -0.2) is 75.1 Å². The number of benzene rings is 1. The van der Waals surface area contributed by atoms with E-state index in [4.69, 9.17) is 4.74 Å². The summed E-state index contributed by atoms with van der Waals surface area (Å²) >= 11 is 0. The van der Waals surface area contributed by atoms with Gasteiger partial charge in [0.15, 0.2) is 12.6 Å². The predicted molar refractivity (Wildman–Crippen MR) is 118 cm³/mol. The monoisotopic (exact) mass is 403 g/mol. The van der Waals surface area contributed by atoms with Crippen LogP contribution in [0.2, 0.25) is 0 Å². The molecule has 0 aromatic heterocycles. The number of carbonyl (C=O) groups is 1. The number of piperidine rings is 1. The van der Waals surface area contributed by atoms with E-state index < -0.39 is 0 Å². The molecule has 0 radical (unpaired) electrons. The van der Waals surface area contributed by atoms with Gasteiger partial charge >= 0.3 is 0 Å². The fourth-order valence-corrected chi connectivity index (χ4v) is 3.40. The van der Waals surface area contributed by atoms with Gasteiger partial charge in [0.25, 0.3) is 5.91 Å². The largest absolute Gasteiger partial charge is 0.484 e. The summed E-state index contributed by atoms with van der Waals surface area (Å²) in [6.07, 6.45) is 5.12. The molecule has 2 N–H and O–H groups in total. The first-order valence-corrected chi connectivity index (χ1v) is 10.6. The molecular weight excluding hydrogens is 366 g/mol. The second-order valence-corrected chi connectivity index (χ2v) is 7.81. The fraction of sp³-hybridized carbons (Fsp3) is 0.636. The van der Waals surface area contributed by atoms with Crippen molar-refractivity contribution in [3.05, 3.63) is 29.8 Å². The normalized spacial score (nSPS) is 17.7. The number of nitrogens with one attached hydrogen (secondary N) is 2. The van der Waals surface area contributed by atoms with E-state index in [0.717, 1.165) is 31.0 Å². The first kappa shape index (κ1) is 23.0. The summed E-state index contributed by atoms with van der Waals surface area (Å²) in [5.41, 5.74) is 1.07. The molecule has 29 heavy (non-hydrogen) atoms. The van der Waals surface area contributed by atoms with Crippen LogP contribution in [0.15, 0.2) is 29.3 Å². The number of rotatable bonds is 9. The van der Waals surface area contributed by atoms with Gasteiger partial charge in [-0.15, -0.1) is 0 Å². The second kappa shape index (κ2) is 12.3. The average Bonchev–Trinajstić information content (AvgIpc) is 2.73. The first-order chi connectivity index (χ1) is 14.0. The maximum absolute atomic E-state index is 11.7. The standard InChI is InChI=1S/C22H37N5O2/c1-18-9-5-6-13-27(18)14-8-12-24-22(23-2)25-16-19-10-7-11-20(15-19)29-17-21(28)26(3)4/h7,10-11,15,18H,5-6,8-9,12-14,16-17H2,1-4H3,(H2,23,24,25). The van der Waals surface area contributed by atoms with Crippen molar-refractivity contribution in [1.82, 2.24) is 20.4 Å². The number of hydrogen-bond donors (Lipinski definition) is 2. The van der Waals surface area contributed by atoms with Gasteiger partial charge in [0.1, 0.15) is 5.75 Å². The third-order valence-electron chi connectivity index (χ3n) is 5.30. The summed E-state index contributed by atoms with van der Waals surface area (Å²) in [7, 11) is 5.23. The lowest BCUT2D eigenvalue weighted by Gasteiger charge is -2.33. The average molecular weight is 404 g/mol. The van der Waals surface area contributed by atoms with E-state index in [1.807, 2.05) is 24.3 Å². The molecule has 0 saturated carbocycles. The molecule has 1 atom stereocenters. The maximum atomic E-state index is 11.7. The van der Waals surface area contributed by atoms with Crippen molar-refractivity contribution in [2.45, 2.75) is 45.2 Å². The van der Waals surface area contributed by atoms with Crippen molar-refractivity contribution in [1.29, 1.82) is 0 Å². The van der Waals surface area contributed by atoms with E-state index in [1.165, 1.54) is 30.7 Å². The molecule has 0 bridgehead atoms. The number of amides is 1. The topological polar surface area (TPSA) is 69.2 Å². The summed E-state index contributed by atoms with van der Waals surface area (Å²) < 4.78 is 5.58. The molecule has 1 aromatic rings. The minimum atomic E-state index is -0.0583. The molecule has 2 rings (SSSR count). The lowest BCUT2D eigenvalue weighted by atomic mass is 10.0. The van der Waals surface area contributed by atoms with Gasteiger partial charge in [-0.3, -0.25) is 9.79 Å². The number of likely N-dealkylation sites (tertiary alicyclic amines) is 1. The number of ether oxygens (including phenoxy) is 1. The third kappa shape index (κ3) is 8.31.